The van der Waals surface area contributed by atoms with E-state index in [2.05, 4.69) is 10.4 Å². The molecule has 2 aromatic carbocycles. The Labute approximate surface area is 183 Å². The van der Waals surface area contributed by atoms with Crippen LogP contribution in [0.2, 0.25) is 0 Å². The van der Waals surface area contributed by atoms with Crippen molar-refractivity contribution in [3.8, 4) is 5.75 Å². The van der Waals surface area contributed by atoms with Crippen molar-refractivity contribution >= 4 is 26.5 Å². The van der Waals surface area contributed by atoms with E-state index in [4.69, 9.17) is 9.15 Å². The average molecular weight is 453 g/mol. The second kappa shape index (κ2) is 8.31. The molecule has 0 unspecified atom stereocenters. The van der Waals surface area contributed by atoms with Crippen LogP contribution in [0.1, 0.15) is 16.1 Å². The summed E-state index contributed by atoms with van der Waals surface area (Å²) in [4.78, 5) is 25.0. The van der Waals surface area contributed by atoms with Crippen molar-refractivity contribution in [2.75, 3.05) is 14.2 Å². The summed E-state index contributed by atoms with van der Waals surface area (Å²) >= 11 is 0. The first-order valence-corrected chi connectivity index (χ1v) is 11.0. The van der Waals surface area contributed by atoms with E-state index >= 15 is 0 Å². The Bertz CT molecular complexity index is 1470. The molecular weight excluding hydrogens is 434 g/mol. The molecule has 0 bridgehead atoms. The molecular formula is C22H19N3O6S. The number of fused-ring (bicyclic) bond motifs is 1. The van der Waals surface area contributed by atoms with Gasteiger partial charge in [0.2, 0.25) is 9.84 Å². The van der Waals surface area contributed by atoms with Gasteiger partial charge in [-0.15, -0.1) is 0 Å². The zero-order valence-electron chi connectivity index (χ0n) is 17.2. The predicted octanol–water partition coefficient (Wildman–Crippen LogP) is 2.24. The minimum Gasteiger partial charge on any atom is -0.497 e. The van der Waals surface area contributed by atoms with Gasteiger partial charge in [0.1, 0.15) is 5.75 Å². The summed E-state index contributed by atoms with van der Waals surface area (Å²) in [6.45, 7) is 0.0277. The van der Waals surface area contributed by atoms with Gasteiger partial charge in [-0.05, 0) is 48.5 Å². The minimum absolute atomic E-state index is 0.0277. The third kappa shape index (κ3) is 3.76. The summed E-state index contributed by atoms with van der Waals surface area (Å²) in [5, 5.41) is 7.31. The zero-order valence-corrected chi connectivity index (χ0v) is 18.0. The van der Waals surface area contributed by atoms with E-state index in [0.29, 0.717) is 22.1 Å². The van der Waals surface area contributed by atoms with E-state index < -0.39 is 21.3 Å². The summed E-state index contributed by atoms with van der Waals surface area (Å²) < 4.78 is 37.4. The topological polar surface area (TPSA) is 120 Å². The molecule has 0 aliphatic heterocycles. The lowest BCUT2D eigenvalue weighted by Crippen LogP contribution is -2.25. The molecule has 4 aromatic rings. The van der Waals surface area contributed by atoms with E-state index in [0.717, 1.165) is 0 Å². The number of ether oxygens (including phenoxy) is 1. The van der Waals surface area contributed by atoms with E-state index in [-0.39, 0.29) is 22.1 Å². The largest absolute Gasteiger partial charge is 0.497 e. The van der Waals surface area contributed by atoms with Crippen LogP contribution in [0.15, 0.2) is 80.0 Å². The Balaban J connectivity index is 1.70. The van der Waals surface area contributed by atoms with Gasteiger partial charge in [-0.2, -0.15) is 5.10 Å². The number of methoxy groups -OCH3 is 1. The fraction of sp³-hybridized carbons (Fsp3) is 0.136. The zero-order chi connectivity index (χ0) is 22.9. The Kier molecular flexibility index (Phi) is 5.54. The molecule has 0 saturated carbocycles. The Morgan fingerprint density at radius 2 is 1.84 bits per heavy atom. The number of benzene rings is 2. The number of rotatable bonds is 6. The molecule has 2 aromatic heterocycles. The highest BCUT2D eigenvalue weighted by Crippen LogP contribution is 2.25. The quantitative estimate of drug-likeness (QED) is 0.475. The lowest BCUT2D eigenvalue weighted by atomic mass is 10.2. The van der Waals surface area contributed by atoms with Crippen molar-refractivity contribution in [3.05, 3.63) is 82.7 Å². The van der Waals surface area contributed by atoms with Gasteiger partial charge in [-0.3, -0.25) is 9.59 Å². The third-order valence-electron chi connectivity index (χ3n) is 5.00. The van der Waals surface area contributed by atoms with Gasteiger partial charge in [0, 0.05) is 18.0 Å². The number of aromatic nitrogens is 2. The Morgan fingerprint density at radius 1 is 1.12 bits per heavy atom. The molecule has 32 heavy (non-hydrogen) atoms. The summed E-state index contributed by atoms with van der Waals surface area (Å²) in [7, 11) is -0.809. The smallest absolute Gasteiger partial charge is 0.287 e. The van der Waals surface area contributed by atoms with Crippen LogP contribution in [0.5, 0.6) is 5.75 Å². The van der Waals surface area contributed by atoms with Crippen LogP contribution >= 0.6 is 0 Å². The molecule has 10 heteroatoms. The highest BCUT2D eigenvalue weighted by atomic mass is 32.2. The van der Waals surface area contributed by atoms with Gasteiger partial charge >= 0.3 is 0 Å². The fourth-order valence-corrected chi connectivity index (χ4v) is 4.57. The van der Waals surface area contributed by atoms with Gasteiger partial charge in [0.15, 0.2) is 5.76 Å². The van der Waals surface area contributed by atoms with Crippen LogP contribution in [0.25, 0.3) is 10.8 Å². The molecule has 0 aliphatic rings. The molecule has 0 fully saturated rings. The van der Waals surface area contributed by atoms with Crippen molar-refractivity contribution < 1.29 is 22.4 Å². The van der Waals surface area contributed by atoms with Gasteiger partial charge < -0.3 is 14.5 Å². The molecule has 4 rings (SSSR count). The Morgan fingerprint density at radius 3 is 2.53 bits per heavy atom. The molecule has 1 amide bonds. The molecule has 0 spiro atoms. The SMILES string of the molecule is CNC(=O)c1occc1Cn1ncc2cc(S(=O)(=O)c3ccc(OC)cc3)ccc2c1=O. The number of amides is 1. The summed E-state index contributed by atoms with van der Waals surface area (Å²) in [5.74, 6) is 0.235. The molecule has 164 valence electrons. The molecule has 9 nitrogen and oxygen atoms in total. The second-order valence-electron chi connectivity index (χ2n) is 6.89. The maximum Gasteiger partial charge on any atom is 0.287 e. The summed E-state index contributed by atoms with van der Waals surface area (Å²) in [6.07, 6.45) is 2.78. The summed E-state index contributed by atoms with van der Waals surface area (Å²) in [6, 6.07) is 11.9. The first-order chi connectivity index (χ1) is 15.3. The van der Waals surface area contributed by atoms with Gasteiger partial charge in [0.25, 0.3) is 11.5 Å². The fourth-order valence-electron chi connectivity index (χ4n) is 3.27. The number of hydrogen-bond acceptors (Lipinski definition) is 7. The number of nitrogens with zero attached hydrogens (tertiary/aromatic N) is 2. The van der Waals surface area contributed by atoms with Gasteiger partial charge in [0.05, 0.1) is 41.3 Å². The molecule has 0 saturated heterocycles. The van der Waals surface area contributed by atoms with Gasteiger partial charge in [-0.25, -0.2) is 13.1 Å². The van der Waals surface area contributed by atoms with Crippen molar-refractivity contribution in [2.45, 2.75) is 16.3 Å². The maximum absolute atomic E-state index is 13.0. The van der Waals surface area contributed by atoms with Crippen molar-refractivity contribution in [3.63, 3.8) is 0 Å². The van der Waals surface area contributed by atoms with E-state index in [1.54, 1.807) is 18.2 Å². The number of furan rings is 1. The van der Waals surface area contributed by atoms with Crippen LogP contribution < -0.4 is 15.6 Å². The van der Waals surface area contributed by atoms with E-state index in [1.165, 1.54) is 61.6 Å². The minimum atomic E-state index is -3.79. The van der Waals surface area contributed by atoms with Crippen LogP contribution in [0.4, 0.5) is 0 Å². The van der Waals surface area contributed by atoms with Crippen LogP contribution in [-0.2, 0) is 16.4 Å². The normalized spacial score (nSPS) is 11.4. The van der Waals surface area contributed by atoms with Crippen molar-refractivity contribution in [2.24, 2.45) is 0 Å². The predicted molar refractivity (Wildman–Crippen MR) is 116 cm³/mol. The summed E-state index contributed by atoms with van der Waals surface area (Å²) in [5.41, 5.74) is 0.0805. The maximum atomic E-state index is 13.0. The first-order valence-electron chi connectivity index (χ1n) is 9.52. The number of carbonyl (C=O) groups is 1. The van der Waals surface area contributed by atoms with Crippen LogP contribution in [0.3, 0.4) is 0 Å². The average Bonchev–Trinajstić information content (AvgIpc) is 3.28. The number of hydrogen-bond donors (Lipinski definition) is 1. The van der Waals surface area contributed by atoms with Crippen LogP contribution in [0, 0.1) is 0 Å². The third-order valence-corrected chi connectivity index (χ3v) is 6.77. The van der Waals surface area contributed by atoms with Crippen molar-refractivity contribution in [1.82, 2.24) is 15.1 Å². The molecule has 0 radical (unpaired) electrons. The second-order valence-corrected chi connectivity index (χ2v) is 8.84. The lowest BCUT2D eigenvalue weighted by molar-refractivity contribution is 0.0934. The molecule has 0 atom stereocenters. The van der Waals surface area contributed by atoms with E-state index in [9.17, 15) is 18.0 Å². The van der Waals surface area contributed by atoms with Gasteiger partial charge in [-0.1, -0.05) is 0 Å². The Hall–Kier alpha value is -3.92. The van der Waals surface area contributed by atoms with Crippen molar-refractivity contribution in [1.29, 1.82) is 0 Å². The number of nitrogens with one attached hydrogen (secondary N) is 1. The number of carbonyl (C=O) groups excluding carboxylic acids is 1. The monoisotopic (exact) mass is 453 g/mol. The first kappa shape index (κ1) is 21.3. The number of sulfone groups is 1. The highest BCUT2D eigenvalue weighted by Gasteiger charge is 2.20. The van der Waals surface area contributed by atoms with E-state index in [1.807, 2.05) is 0 Å². The standard InChI is InChI=1S/C22H19N3O6S/c1-23-21(26)20-14(9-10-31-20)13-25-22(27)19-8-7-18(11-15(19)12-24-25)32(28,29)17-5-3-16(30-2)4-6-17/h3-12H,13H2,1-2H3,(H,23,26). The highest BCUT2D eigenvalue weighted by molar-refractivity contribution is 7.91. The van der Waals surface area contributed by atoms with Crippen LogP contribution in [-0.4, -0.2) is 38.3 Å². The molecule has 0 aliphatic carbocycles. The lowest BCUT2D eigenvalue weighted by Gasteiger charge is -2.09. The molecule has 1 N–H and O–H groups in total. The molecule has 2 heterocycles.